The molecule has 1 fully saturated rings. The number of hydrogen-bond donors (Lipinski definition) is 1. The van der Waals surface area contributed by atoms with Gasteiger partial charge in [0.2, 0.25) is 0 Å². The molecule has 6 nitrogen and oxygen atoms in total. The average Bonchev–Trinajstić information content (AvgIpc) is 3.38. The molecule has 1 N–H and O–H groups in total. The molecule has 1 aromatic carbocycles. The number of benzene rings is 1. The van der Waals surface area contributed by atoms with Crippen LogP contribution in [0.2, 0.25) is 0 Å². The minimum atomic E-state index is -0.651. The van der Waals surface area contributed by atoms with Gasteiger partial charge in [-0.3, -0.25) is 4.99 Å². The molecule has 1 aliphatic carbocycles. The molecule has 0 heterocycles. The second kappa shape index (κ2) is 7.17. The summed E-state index contributed by atoms with van der Waals surface area (Å²) in [5.74, 6) is 0.180. The third kappa shape index (κ3) is 3.64. The third-order valence-electron chi connectivity index (χ3n) is 3.66. The fourth-order valence-corrected chi connectivity index (χ4v) is 2.21. The maximum atomic E-state index is 12.0. The lowest BCUT2D eigenvalue weighted by molar-refractivity contribution is -0.135. The van der Waals surface area contributed by atoms with Gasteiger partial charge in [0.15, 0.2) is 0 Å². The van der Waals surface area contributed by atoms with Gasteiger partial charge in [0, 0.05) is 11.8 Å². The van der Waals surface area contributed by atoms with E-state index in [2.05, 4.69) is 4.99 Å². The van der Waals surface area contributed by atoms with Gasteiger partial charge in [-0.1, -0.05) is 0 Å². The molecule has 23 heavy (non-hydrogen) atoms. The van der Waals surface area contributed by atoms with E-state index < -0.39 is 5.97 Å². The summed E-state index contributed by atoms with van der Waals surface area (Å²) >= 11 is 0. The highest BCUT2D eigenvalue weighted by Crippen LogP contribution is 2.35. The summed E-state index contributed by atoms with van der Waals surface area (Å²) in [4.78, 5) is 16.2. The molecule has 0 atom stereocenters. The molecule has 1 aliphatic rings. The molecule has 124 valence electrons. The maximum absolute atomic E-state index is 12.0. The second-order valence-corrected chi connectivity index (χ2v) is 5.24. The summed E-state index contributed by atoms with van der Waals surface area (Å²) < 4.78 is 15.4. The molecule has 0 aromatic heterocycles. The first-order chi connectivity index (χ1) is 11.0. The molecular weight excluding hydrogens is 298 g/mol. The molecule has 0 saturated heterocycles. The highest BCUT2D eigenvalue weighted by atomic mass is 16.5. The lowest BCUT2D eigenvalue weighted by atomic mass is 10.0. The number of aliphatic hydroxyl groups is 1. The first-order valence-corrected chi connectivity index (χ1v) is 7.30. The first kappa shape index (κ1) is 16.9. The van der Waals surface area contributed by atoms with E-state index >= 15 is 0 Å². The summed E-state index contributed by atoms with van der Waals surface area (Å²) in [5, 5.41) is 10.6. The van der Waals surface area contributed by atoms with Gasteiger partial charge in [0.25, 0.3) is 0 Å². The largest absolute Gasteiger partial charge is 0.506 e. The number of aliphatic hydroxyl groups excluding tert-OH is 1. The SMILES string of the molecule is COC(=O)/C(C=NC1CC1)=C(\O)c1ccc(OC)c(C)c1OC. The van der Waals surface area contributed by atoms with Gasteiger partial charge in [-0.15, -0.1) is 0 Å². The molecule has 2 rings (SSSR count). The van der Waals surface area contributed by atoms with E-state index in [1.807, 2.05) is 6.92 Å². The van der Waals surface area contributed by atoms with E-state index in [1.165, 1.54) is 20.4 Å². The molecule has 0 amide bonds. The number of hydrogen-bond acceptors (Lipinski definition) is 6. The van der Waals surface area contributed by atoms with E-state index in [4.69, 9.17) is 14.2 Å². The second-order valence-electron chi connectivity index (χ2n) is 5.24. The minimum Gasteiger partial charge on any atom is -0.506 e. The van der Waals surface area contributed by atoms with Crippen LogP contribution in [-0.2, 0) is 9.53 Å². The van der Waals surface area contributed by atoms with E-state index in [-0.39, 0.29) is 17.4 Å². The zero-order valence-electron chi connectivity index (χ0n) is 13.8. The minimum absolute atomic E-state index is 0.00210. The van der Waals surface area contributed by atoms with Gasteiger partial charge in [-0.25, -0.2) is 4.79 Å². The first-order valence-electron chi connectivity index (χ1n) is 7.30. The standard InChI is InChI=1S/C17H21NO5/c1-10-14(21-2)8-7-12(16(10)22-3)15(19)13(17(20)23-4)9-18-11-5-6-11/h7-9,11,19H,5-6H2,1-4H3/b15-13-,18-9?. The number of rotatable bonds is 6. The van der Waals surface area contributed by atoms with E-state index in [1.54, 1.807) is 19.2 Å². The molecule has 1 saturated carbocycles. The van der Waals surface area contributed by atoms with Crippen molar-refractivity contribution in [3.8, 4) is 11.5 Å². The predicted molar refractivity (Wildman–Crippen MR) is 87.4 cm³/mol. The van der Waals surface area contributed by atoms with Crippen molar-refractivity contribution in [2.24, 2.45) is 4.99 Å². The maximum Gasteiger partial charge on any atom is 0.343 e. The normalized spacial score (nSPS) is 15.3. The number of ether oxygens (including phenoxy) is 3. The summed E-state index contributed by atoms with van der Waals surface area (Å²) in [5.41, 5.74) is 1.11. The summed E-state index contributed by atoms with van der Waals surface area (Å²) in [6.07, 6.45) is 3.37. The van der Waals surface area contributed by atoms with Crippen LogP contribution in [0.15, 0.2) is 22.7 Å². The van der Waals surface area contributed by atoms with Gasteiger partial charge in [0.05, 0.1) is 32.9 Å². The zero-order chi connectivity index (χ0) is 17.0. The van der Waals surface area contributed by atoms with Gasteiger partial charge >= 0.3 is 5.97 Å². The topological polar surface area (TPSA) is 77.4 Å². The van der Waals surface area contributed by atoms with Crippen molar-refractivity contribution in [1.82, 2.24) is 0 Å². The van der Waals surface area contributed by atoms with E-state index in [9.17, 15) is 9.90 Å². The van der Waals surface area contributed by atoms with Crippen LogP contribution in [0.1, 0.15) is 24.0 Å². The fraction of sp³-hybridized carbons (Fsp3) is 0.412. The Morgan fingerprint density at radius 2 is 1.96 bits per heavy atom. The number of methoxy groups -OCH3 is 3. The predicted octanol–water partition coefficient (Wildman–Crippen LogP) is 2.69. The van der Waals surface area contributed by atoms with Crippen molar-refractivity contribution in [2.75, 3.05) is 21.3 Å². The van der Waals surface area contributed by atoms with Crippen molar-refractivity contribution in [2.45, 2.75) is 25.8 Å². The van der Waals surface area contributed by atoms with Crippen LogP contribution in [-0.4, -0.2) is 44.7 Å². The number of carbonyl (C=O) groups excluding carboxylic acids is 1. The zero-order valence-corrected chi connectivity index (χ0v) is 13.8. The van der Waals surface area contributed by atoms with Crippen LogP contribution < -0.4 is 9.47 Å². The van der Waals surface area contributed by atoms with Gasteiger partial charge in [-0.05, 0) is 31.9 Å². The Balaban J connectivity index is 2.54. The summed E-state index contributed by atoms with van der Waals surface area (Å²) in [6.45, 7) is 1.81. The average molecular weight is 319 g/mol. The Kier molecular flexibility index (Phi) is 5.26. The van der Waals surface area contributed by atoms with Crippen LogP contribution in [0.4, 0.5) is 0 Å². The summed E-state index contributed by atoms with van der Waals surface area (Å²) in [7, 11) is 4.31. The number of carbonyl (C=O) groups is 1. The van der Waals surface area contributed by atoms with Crippen LogP contribution in [0, 0.1) is 6.92 Å². The van der Waals surface area contributed by atoms with Crippen molar-refractivity contribution < 1.29 is 24.1 Å². The Hall–Kier alpha value is -2.50. The number of esters is 1. The van der Waals surface area contributed by atoms with Gasteiger partial charge < -0.3 is 19.3 Å². The smallest absolute Gasteiger partial charge is 0.343 e. The molecule has 0 aliphatic heterocycles. The third-order valence-corrected chi connectivity index (χ3v) is 3.66. The molecule has 0 radical (unpaired) electrons. The van der Waals surface area contributed by atoms with Crippen LogP contribution in [0.25, 0.3) is 5.76 Å². The molecule has 6 heteroatoms. The van der Waals surface area contributed by atoms with Gasteiger partial charge in [0.1, 0.15) is 22.8 Å². The molecular formula is C17H21NO5. The van der Waals surface area contributed by atoms with Crippen molar-refractivity contribution in [3.05, 3.63) is 28.8 Å². The van der Waals surface area contributed by atoms with Crippen molar-refractivity contribution in [3.63, 3.8) is 0 Å². The van der Waals surface area contributed by atoms with Crippen LogP contribution in [0.5, 0.6) is 11.5 Å². The summed E-state index contributed by atoms with van der Waals surface area (Å²) in [6, 6.07) is 3.56. The Labute approximate surface area is 135 Å². The van der Waals surface area contributed by atoms with E-state index in [0.29, 0.717) is 17.1 Å². The lowest BCUT2D eigenvalue weighted by Gasteiger charge is -2.15. The van der Waals surface area contributed by atoms with Crippen LogP contribution >= 0.6 is 0 Å². The molecule has 0 bridgehead atoms. The van der Waals surface area contributed by atoms with Crippen molar-refractivity contribution in [1.29, 1.82) is 0 Å². The molecule has 0 unspecified atom stereocenters. The van der Waals surface area contributed by atoms with Crippen LogP contribution in [0.3, 0.4) is 0 Å². The highest BCUT2D eigenvalue weighted by Gasteiger charge is 2.23. The molecule has 0 spiro atoms. The number of aliphatic imine (C=N–C) groups is 1. The quantitative estimate of drug-likeness (QED) is 0.377. The lowest BCUT2D eigenvalue weighted by Crippen LogP contribution is -2.10. The Morgan fingerprint density at radius 1 is 1.26 bits per heavy atom. The fourth-order valence-electron chi connectivity index (χ4n) is 2.21. The molecule has 1 aromatic rings. The highest BCUT2D eigenvalue weighted by molar-refractivity contribution is 6.15. The van der Waals surface area contributed by atoms with Crippen molar-refractivity contribution >= 4 is 17.9 Å². The monoisotopic (exact) mass is 319 g/mol. The number of nitrogens with zero attached hydrogens (tertiary/aromatic N) is 1. The van der Waals surface area contributed by atoms with Gasteiger partial charge in [-0.2, -0.15) is 0 Å². The Morgan fingerprint density at radius 3 is 2.48 bits per heavy atom. The van der Waals surface area contributed by atoms with E-state index in [0.717, 1.165) is 18.4 Å². The Bertz CT molecular complexity index is 659.